The molecule has 6 heteroatoms. The summed E-state index contributed by atoms with van der Waals surface area (Å²) in [5, 5.41) is 1.08. The van der Waals surface area contributed by atoms with Crippen molar-refractivity contribution in [3.63, 3.8) is 0 Å². The summed E-state index contributed by atoms with van der Waals surface area (Å²) in [7, 11) is -3.33. The largest absolute Gasteiger partial charge is 0.306 e. The van der Waals surface area contributed by atoms with Crippen molar-refractivity contribution in [2.45, 2.75) is 18.7 Å². The van der Waals surface area contributed by atoms with E-state index < -0.39 is 9.84 Å². The summed E-state index contributed by atoms with van der Waals surface area (Å²) in [5.74, 6) is 0. The lowest BCUT2D eigenvalue weighted by molar-refractivity contribution is 0.602. The molecule has 1 aliphatic heterocycles. The second-order valence-electron chi connectivity index (χ2n) is 12.3. The zero-order valence-corrected chi connectivity index (χ0v) is 27.7. The summed E-state index contributed by atoms with van der Waals surface area (Å²) in [6, 6.07) is 49.6. The lowest BCUT2D eigenvalue weighted by atomic mass is 9.94. The molecule has 0 N–H and O–H groups in total. The molecule has 7 aromatic rings. The number of anilines is 6. The second-order valence-corrected chi connectivity index (χ2v) is 14.3. The zero-order valence-electron chi connectivity index (χ0n) is 26.9. The number of rotatable bonds is 5. The molecule has 0 atom stereocenters. The van der Waals surface area contributed by atoms with Gasteiger partial charge in [0.15, 0.2) is 9.84 Å². The van der Waals surface area contributed by atoms with E-state index in [0.29, 0.717) is 0 Å². The number of hydrogen-bond acceptors (Lipinski definition) is 5. The number of sulfone groups is 1. The Balaban J connectivity index is 1.42. The van der Waals surface area contributed by atoms with Crippen molar-refractivity contribution in [1.82, 2.24) is 4.98 Å². The molecule has 1 aliphatic rings. The highest BCUT2D eigenvalue weighted by Gasteiger charge is 2.31. The molecule has 0 radical (unpaired) electrons. The number of para-hydroxylation sites is 5. The Bertz CT molecular complexity index is 2390. The fourth-order valence-electron chi connectivity index (χ4n) is 6.72. The summed E-state index contributed by atoms with van der Waals surface area (Å²) in [6.45, 7) is 4.23. The quantitative estimate of drug-likeness (QED) is 0.187. The molecule has 0 aliphatic carbocycles. The van der Waals surface area contributed by atoms with E-state index in [2.05, 4.69) is 139 Å². The molecule has 0 saturated carbocycles. The Morgan fingerprint density at radius 3 is 1.67 bits per heavy atom. The van der Waals surface area contributed by atoms with Gasteiger partial charge in [-0.2, -0.15) is 0 Å². The summed E-state index contributed by atoms with van der Waals surface area (Å²) >= 11 is 0. The third kappa shape index (κ3) is 5.02. The van der Waals surface area contributed by atoms with Crippen LogP contribution in [0, 0.1) is 13.8 Å². The van der Waals surface area contributed by atoms with Gasteiger partial charge < -0.3 is 9.80 Å². The molecule has 6 aromatic carbocycles. The van der Waals surface area contributed by atoms with Gasteiger partial charge in [0.1, 0.15) is 0 Å². The molecule has 2 heterocycles. The molecule has 0 bridgehead atoms. The number of fused-ring (bicyclic) bond motifs is 3. The minimum Gasteiger partial charge on any atom is -0.306 e. The molecule has 0 unspecified atom stereocenters. The number of pyridine rings is 1. The SMILES string of the molecule is Cc1ccc(-c2cc(-c3ccc(S(C)(=O)=O)cc3)nc3c(N4c5ccccc5N(c5ccccc5)c5ccccc54)ccc(C)c23)cc1. The molecule has 0 amide bonds. The molecule has 48 heavy (non-hydrogen) atoms. The highest BCUT2D eigenvalue weighted by molar-refractivity contribution is 7.90. The molecule has 8 rings (SSSR count). The van der Waals surface area contributed by atoms with Crippen LogP contribution in [-0.2, 0) is 9.84 Å². The maximum absolute atomic E-state index is 12.3. The number of nitrogens with zero attached hydrogens (tertiary/aromatic N) is 3. The normalized spacial score (nSPS) is 12.6. The minimum atomic E-state index is -3.33. The van der Waals surface area contributed by atoms with Crippen LogP contribution in [0.2, 0.25) is 0 Å². The summed E-state index contributed by atoms with van der Waals surface area (Å²) in [4.78, 5) is 10.3. The topological polar surface area (TPSA) is 53.5 Å². The molecule has 0 spiro atoms. The third-order valence-electron chi connectivity index (χ3n) is 9.07. The maximum atomic E-state index is 12.3. The number of benzene rings is 6. The Hall–Kier alpha value is -5.72. The van der Waals surface area contributed by atoms with E-state index >= 15 is 0 Å². The van der Waals surface area contributed by atoms with Crippen molar-refractivity contribution in [2.24, 2.45) is 0 Å². The molecular formula is C42H33N3O2S. The van der Waals surface area contributed by atoms with Crippen LogP contribution in [-0.4, -0.2) is 19.7 Å². The van der Waals surface area contributed by atoms with E-state index in [-0.39, 0.29) is 4.90 Å². The van der Waals surface area contributed by atoms with Crippen molar-refractivity contribution in [3.8, 4) is 22.4 Å². The van der Waals surface area contributed by atoms with Gasteiger partial charge >= 0.3 is 0 Å². The van der Waals surface area contributed by atoms with E-state index in [1.165, 1.54) is 11.8 Å². The smallest absolute Gasteiger partial charge is 0.175 e. The molecular weight excluding hydrogens is 611 g/mol. The number of aromatic nitrogens is 1. The van der Waals surface area contributed by atoms with Crippen LogP contribution in [0.3, 0.4) is 0 Å². The van der Waals surface area contributed by atoms with Gasteiger partial charge in [0.05, 0.1) is 44.5 Å². The number of hydrogen-bond donors (Lipinski definition) is 0. The first-order valence-corrected chi connectivity index (χ1v) is 17.8. The van der Waals surface area contributed by atoms with Gasteiger partial charge in [0, 0.05) is 22.9 Å². The Morgan fingerprint density at radius 2 is 1.08 bits per heavy atom. The van der Waals surface area contributed by atoms with Crippen molar-refractivity contribution in [1.29, 1.82) is 0 Å². The highest BCUT2D eigenvalue weighted by Crippen LogP contribution is 2.55. The fourth-order valence-corrected chi connectivity index (χ4v) is 7.35. The molecule has 234 valence electrons. The van der Waals surface area contributed by atoms with E-state index in [4.69, 9.17) is 4.98 Å². The lowest BCUT2D eigenvalue weighted by Gasteiger charge is -2.40. The maximum Gasteiger partial charge on any atom is 0.175 e. The van der Waals surface area contributed by atoms with Gasteiger partial charge in [-0.1, -0.05) is 90.5 Å². The van der Waals surface area contributed by atoms with Crippen LogP contribution in [0.4, 0.5) is 34.1 Å². The molecule has 0 saturated heterocycles. The fraction of sp³-hybridized carbons (Fsp3) is 0.0714. The standard InChI is InChI=1S/C42H33N3O2S/c1-28-17-20-30(21-18-28)34-27-35(31-22-24-33(25-23-31)48(3,46)47)43-42-40(26-19-29(2)41(34)42)45-38-15-9-7-13-36(38)44(32-11-5-4-6-12-32)37-14-8-10-16-39(37)45/h4-27H,1-3H3. The predicted octanol–water partition coefficient (Wildman–Crippen LogP) is 10.8. The summed E-state index contributed by atoms with van der Waals surface area (Å²) < 4.78 is 24.5. The van der Waals surface area contributed by atoms with Crippen LogP contribution in [0.1, 0.15) is 11.1 Å². The van der Waals surface area contributed by atoms with E-state index in [9.17, 15) is 8.42 Å². The predicted molar refractivity (Wildman–Crippen MR) is 198 cm³/mol. The first-order valence-electron chi connectivity index (χ1n) is 15.9. The third-order valence-corrected chi connectivity index (χ3v) is 10.2. The second kappa shape index (κ2) is 11.5. The van der Waals surface area contributed by atoms with E-state index in [0.717, 1.165) is 73.0 Å². The van der Waals surface area contributed by atoms with E-state index in [1.807, 2.05) is 18.2 Å². The van der Waals surface area contributed by atoms with Gasteiger partial charge in [-0.05, 0) is 91.2 Å². The van der Waals surface area contributed by atoms with Crippen molar-refractivity contribution in [3.05, 3.63) is 157 Å². The monoisotopic (exact) mass is 643 g/mol. The van der Waals surface area contributed by atoms with Crippen molar-refractivity contribution >= 4 is 54.9 Å². The number of aryl methyl sites for hydroxylation is 2. The Morgan fingerprint density at radius 1 is 0.542 bits per heavy atom. The molecule has 0 fully saturated rings. The average Bonchev–Trinajstić information content (AvgIpc) is 3.11. The van der Waals surface area contributed by atoms with Gasteiger partial charge in [-0.15, -0.1) is 0 Å². The minimum absolute atomic E-state index is 0.284. The Kier molecular flexibility index (Phi) is 7.11. The first-order chi connectivity index (χ1) is 23.3. The first kappa shape index (κ1) is 29.7. The van der Waals surface area contributed by atoms with Crippen LogP contribution in [0.5, 0.6) is 0 Å². The van der Waals surface area contributed by atoms with Crippen LogP contribution in [0.25, 0.3) is 33.3 Å². The van der Waals surface area contributed by atoms with Crippen molar-refractivity contribution in [2.75, 3.05) is 16.1 Å². The van der Waals surface area contributed by atoms with Crippen molar-refractivity contribution < 1.29 is 8.42 Å². The zero-order chi connectivity index (χ0) is 33.0. The Labute approximate surface area is 281 Å². The van der Waals surface area contributed by atoms with Crippen LogP contribution >= 0.6 is 0 Å². The summed E-state index contributed by atoms with van der Waals surface area (Å²) in [5.41, 5.74) is 13.3. The van der Waals surface area contributed by atoms with Gasteiger partial charge in [0.2, 0.25) is 0 Å². The average molecular weight is 644 g/mol. The highest BCUT2D eigenvalue weighted by atomic mass is 32.2. The molecule has 5 nitrogen and oxygen atoms in total. The summed E-state index contributed by atoms with van der Waals surface area (Å²) in [6.07, 6.45) is 1.23. The lowest BCUT2D eigenvalue weighted by Crippen LogP contribution is -2.24. The van der Waals surface area contributed by atoms with Gasteiger partial charge in [-0.3, -0.25) is 0 Å². The van der Waals surface area contributed by atoms with Gasteiger partial charge in [-0.25, -0.2) is 13.4 Å². The molecule has 1 aromatic heterocycles. The van der Waals surface area contributed by atoms with Gasteiger partial charge in [0.25, 0.3) is 0 Å². The van der Waals surface area contributed by atoms with Crippen LogP contribution in [0.15, 0.2) is 150 Å². The van der Waals surface area contributed by atoms with E-state index in [1.54, 1.807) is 12.1 Å². The van der Waals surface area contributed by atoms with Crippen LogP contribution < -0.4 is 9.80 Å².